The fourth-order valence-electron chi connectivity index (χ4n) is 2.86. The Balaban J connectivity index is 2.62. The lowest BCUT2D eigenvalue weighted by Gasteiger charge is -2.30. The summed E-state index contributed by atoms with van der Waals surface area (Å²) >= 11 is 0. The van der Waals surface area contributed by atoms with E-state index < -0.39 is 12.0 Å². The molecule has 0 bridgehead atoms. The van der Waals surface area contributed by atoms with E-state index in [0.29, 0.717) is 6.42 Å². The van der Waals surface area contributed by atoms with Gasteiger partial charge in [0.1, 0.15) is 6.04 Å². The molecule has 1 rings (SSSR count). The fourth-order valence-corrected chi connectivity index (χ4v) is 2.86. The van der Waals surface area contributed by atoms with Gasteiger partial charge >= 0.3 is 5.97 Å². The van der Waals surface area contributed by atoms with Crippen molar-refractivity contribution in [1.29, 1.82) is 0 Å². The number of carbonyl (C=O) groups is 1. The number of aliphatic carboxylic acids is 1. The molecule has 1 unspecified atom stereocenters. The second kappa shape index (κ2) is 8.18. The van der Waals surface area contributed by atoms with Crippen LogP contribution in [0.5, 0.6) is 0 Å². The van der Waals surface area contributed by atoms with Crippen LogP contribution in [0.3, 0.4) is 0 Å². The number of benzene rings is 1. The molecule has 1 aromatic rings. The van der Waals surface area contributed by atoms with Crippen LogP contribution >= 0.6 is 0 Å². The lowest BCUT2D eigenvalue weighted by molar-refractivity contribution is -0.140. The molecule has 1 aromatic carbocycles. The summed E-state index contributed by atoms with van der Waals surface area (Å²) in [6.45, 7) is 8.58. The van der Waals surface area contributed by atoms with Gasteiger partial charge in [-0.25, -0.2) is 0 Å². The number of carboxylic acids is 1. The number of nitrogens with one attached hydrogen (secondary N) is 1. The van der Waals surface area contributed by atoms with Crippen molar-refractivity contribution >= 4 is 5.97 Å². The van der Waals surface area contributed by atoms with E-state index in [1.807, 2.05) is 6.07 Å². The van der Waals surface area contributed by atoms with E-state index in [0.717, 1.165) is 19.3 Å². The number of hydrogen-bond donors (Lipinski definition) is 2. The van der Waals surface area contributed by atoms with Gasteiger partial charge in [-0.05, 0) is 30.7 Å². The summed E-state index contributed by atoms with van der Waals surface area (Å²) in [6, 6.07) is 10.1. The molecular formula is C18H29NO2. The third-order valence-corrected chi connectivity index (χ3v) is 4.00. The maximum atomic E-state index is 11.3. The highest BCUT2D eigenvalue weighted by Crippen LogP contribution is 2.28. The molecule has 118 valence electrons. The zero-order valence-corrected chi connectivity index (χ0v) is 13.7. The van der Waals surface area contributed by atoms with Crippen LogP contribution in [0, 0.1) is 0 Å². The van der Waals surface area contributed by atoms with E-state index in [-0.39, 0.29) is 11.5 Å². The summed E-state index contributed by atoms with van der Waals surface area (Å²) in [5, 5.41) is 12.6. The highest BCUT2D eigenvalue weighted by atomic mass is 16.4. The second-order valence-electron chi connectivity index (χ2n) is 6.55. The zero-order chi connectivity index (χ0) is 15.9. The van der Waals surface area contributed by atoms with Gasteiger partial charge in [0.15, 0.2) is 0 Å². The normalized spacial score (nSPS) is 14.7. The van der Waals surface area contributed by atoms with Crippen LogP contribution in [-0.4, -0.2) is 23.2 Å². The molecule has 0 aliphatic carbocycles. The van der Waals surface area contributed by atoms with Gasteiger partial charge in [-0.3, -0.25) is 4.79 Å². The van der Waals surface area contributed by atoms with Crippen molar-refractivity contribution in [2.75, 3.05) is 0 Å². The van der Waals surface area contributed by atoms with Gasteiger partial charge in [0, 0.05) is 6.04 Å². The molecule has 2 atom stereocenters. The average molecular weight is 291 g/mol. The van der Waals surface area contributed by atoms with Gasteiger partial charge in [0.2, 0.25) is 0 Å². The first-order valence-corrected chi connectivity index (χ1v) is 7.91. The molecule has 0 fully saturated rings. The molecule has 0 heterocycles. The topological polar surface area (TPSA) is 49.3 Å². The lowest BCUT2D eigenvalue weighted by Crippen LogP contribution is -2.44. The van der Waals surface area contributed by atoms with Crippen molar-refractivity contribution in [2.24, 2.45) is 0 Å². The van der Waals surface area contributed by atoms with Crippen molar-refractivity contribution in [2.45, 2.75) is 70.9 Å². The van der Waals surface area contributed by atoms with Crippen LogP contribution < -0.4 is 5.32 Å². The van der Waals surface area contributed by atoms with E-state index in [2.05, 4.69) is 57.3 Å². The Labute approximate surface area is 128 Å². The molecule has 3 heteroatoms. The van der Waals surface area contributed by atoms with Crippen molar-refractivity contribution in [3.8, 4) is 0 Å². The zero-order valence-electron chi connectivity index (χ0n) is 13.7. The smallest absolute Gasteiger partial charge is 0.320 e. The molecular weight excluding hydrogens is 262 g/mol. The summed E-state index contributed by atoms with van der Waals surface area (Å²) in [6.07, 6.45) is 3.57. The Kier molecular flexibility index (Phi) is 6.90. The van der Waals surface area contributed by atoms with Gasteiger partial charge in [0.05, 0.1) is 0 Å². The standard InChI is InChI=1S/C18H29NO2/c1-5-6-12-16(17(20)21)19-14(2)13-18(3,4)15-10-8-7-9-11-15/h7-11,14,16,19H,5-6,12-13H2,1-4H3,(H,20,21)/t14?,16-/m0/s1. The molecule has 0 spiro atoms. The average Bonchev–Trinajstić information content (AvgIpc) is 2.43. The van der Waals surface area contributed by atoms with Gasteiger partial charge in [-0.1, -0.05) is 63.9 Å². The summed E-state index contributed by atoms with van der Waals surface area (Å²) in [5.41, 5.74) is 1.32. The highest BCUT2D eigenvalue weighted by molar-refractivity contribution is 5.73. The van der Waals surface area contributed by atoms with Crippen molar-refractivity contribution < 1.29 is 9.90 Å². The Hall–Kier alpha value is -1.35. The van der Waals surface area contributed by atoms with Crippen LogP contribution in [0.4, 0.5) is 0 Å². The van der Waals surface area contributed by atoms with Gasteiger partial charge in [-0.15, -0.1) is 0 Å². The molecule has 0 aromatic heterocycles. The maximum absolute atomic E-state index is 11.3. The number of hydrogen-bond acceptors (Lipinski definition) is 2. The first-order chi connectivity index (χ1) is 9.86. The molecule has 0 aliphatic rings. The first kappa shape index (κ1) is 17.7. The predicted octanol–water partition coefficient (Wildman–Crippen LogP) is 3.98. The quantitative estimate of drug-likeness (QED) is 0.723. The highest BCUT2D eigenvalue weighted by Gasteiger charge is 2.26. The first-order valence-electron chi connectivity index (χ1n) is 7.91. The molecule has 21 heavy (non-hydrogen) atoms. The van der Waals surface area contributed by atoms with Crippen molar-refractivity contribution in [3.05, 3.63) is 35.9 Å². The molecule has 3 nitrogen and oxygen atoms in total. The predicted molar refractivity (Wildman–Crippen MR) is 87.6 cm³/mol. The third kappa shape index (κ3) is 5.88. The number of unbranched alkanes of at least 4 members (excludes halogenated alkanes) is 1. The van der Waals surface area contributed by atoms with E-state index >= 15 is 0 Å². The lowest BCUT2D eigenvalue weighted by atomic mass is 9.79. The molecule has 2 N–H and O–H groups in total. The summed E-state index contributed by atoms with van der Waals surface area (Å²) in [4.78, 5) is 11.3. The van der Waals surface area contributed by atoms with E-state index in [9.17, 15) is 9.90 Å². The summed E-state index contributed by atoms with van der Waals surface area (Å²) < 4.78 is 0. The summed E-state index contributed by atoms with van der Waals surface area (Å²) in [5.74, 6) is -0.743. The fraction of sp³-hybridized carbons (Fsp3) is 0.611. The SMILES string of the molecule is CCCC[C@H](NC(C)CC(C)(C)c1ccccc1)C(=O)O. The van der Waals surface area contributed by atoms with Crippen LogP contribution in [0.25, 0.3) is 0 Å². The third-order valence-electron chi connectivity index (χ3n) is 4.00. The van der Waals surface area contributed by atoms with Crippen molar-refractivity contribution in [3.63, 3.8) is 0 Å². The molecule has 0 saturated heterocycles. The second-order valence-corrected chi connectivity index (χ2v) is 6.55. The van der Waals surface area contributed by atoms with Crippen LogP contribution in [0.2, 0.25) is 0 Å². The molecule has 0 radical (unpaired) electrons. The Morgan fingerprint density at radius 3 is 2.43 bits per heavy atom. The number of rotatable bonds is 9. The Morgan fingerprint density at radius 2 is 1.90 bits per heavy atom. The van der Waals surface area contributed by atoms with Crippen molar-refractivity contribution in [1.82, 2.24) is 5.32 Å². The minimum absolute atomic E-state index is 0.0293. The van der Waals surface area contributed by atoms with Gasteiger partial charge < -0.3 is 10.4 Å². The van der Waals surface area contributed by atoms with Gasteiger partial charge in [-0.2, -0.15) is 0 Å². The van der Waals surface area contributed by atoms with Gasteiger partial charge in [0.25, 0.3) is 0 Å². The Morgan fingerprint density at radius 1 is 1.29 bits per heavy atom. The summed E-state index contributed by atoms with van der Waals surface area (Å²) in [7, 11) is 0. The molecule has 0 amide bonds. The molecule has 0 aliphatic heterocycles. The van der Waals surface area contributed by atoms with Crippen LogP contribution in [0.15, 0.2) is 30.3 Å². The largest absolute Gasteiger partial charge is 0.480 e. The van der Waals surface area contributed by atoms with E-state index in [4.69, 9.17) is 0 Å². The Bertz CT molecular complexity index is 428. The van der Waals surface area contributed by atoms with E-state index in [1.54, 1.807) is 0 Å². The monoisotopic (exact) mass is 291 g/mol. The van der Waals surface area contributed by atoms with Crippen LogP contribution in [-0.2, 0) is 10.2 Å². The maximum Gasteiger partial charge on any atom is 0.320 e. The van der Waals surface area contributed by atoms with Crippen LogP contribution in [0.1, 0.15) is 58.9 Å². The minimum atomic E-state index is -0.743. The number of carboxylic acid groups (broad SMARTS) is 1. The minimum Gasteiger partial charge on any atom is -0.480 e. The van der Waals surface area contributed by atoms with E-state index in [1.165, 1.54) is 5.56 Å². The molecule has 0 saturated carbocycles.